The lowest BCUT2D eigenvalue weighted by Crippen LogP contribution is -2.38. The second-order valence-corrected chi connectivity index (χ2v) is 6.37. The first-order valence-electron chi connectivity index (χ1n) is 8.44. The predicted molar refractivity (Wildman–Crippen MR) is 106 cm³/mol. The number of carbonyl (C=O) groups excluding carboxylic acids is 2. The van der Waals surface area contributed by atoms with E-state index in [2.05, 4.69) is 5.32 Å². The third-order valence-electron chi connectivity index (χ3n) is 4.02. The summed E-state index contributed by atoms with van der Waals surface area (Å²) in [6.45, 7) is 1.80. The van der Waals surface area contributed by atoms with Gasteiger partial charge in [0.05, 0.1) is 26.5 Å². The van der Waals surface area contributed by atoms with Crippen molar-refractivity contribution in [2.45, 2.75) is 13.3 Å². The van der Waals surface area contributed by atoms with Crippen molar-refractivity contribution in [1.29, 1.82) is 0 Å². The zero-order valence-electron chi connectivity index (χ0n) is 15.6. The average Bonchev–Trinajstić information content (AvgIpc) is 2.65. The Balaban J connectivity index is 2.00. The second-order valence-electron chi connectivity index (χ2n) is 5.93. The number of nitrogens with zero attached hydrogens (tertiary/aromatic N) is 1. The summed E-state index contributed by atoms with van der Waals surface area (Å²) in [7, 11) is 3.12. The van der Waals surface area contributed by atoms with Crippen molar-refractivity contribution in [1.82, 2.24) is 4.90 Å². The zero-order chi connectivity index (χ0) is 19.8. The van der Waals surface area contributed by atoms with Gasteiger partial charge in [0.2, 0.25) is 11.8 Å². The van der Waals surface area contributed by atoms with Crippen LogP contribution in [0.25, 0.3) is 0 Å². The molecule has 6 nitrogen and oxygen atoms in total. The summed E-state index contributed by atoms with van der Waals surface area (Å²) in [6, 6.07) is 12.6. The fraction of sp³-hybridized carbons (Fsp3) is 0.300. The molecular weight excluding hydrogens is 368 g/mol. The molecule has 144 valence electrons. The average molecular weight is 391 g/mol. The van der Waals surface area contributed by atoms with Gasteiger partial charge >= 0.3 is 0 Å². The Kier molecular flexibility index (Phi) is 7.49. The minimum Gasteiger partial charge on any atom is -0.497 e. The molecule has 0 aliphatic carbocycles. The normalized spacial score (nSPS) is 10.2. The van der Waals surface area contributed by atoms with E-state index in [0.29, 0.717) is 29.4 Å². The van der Waals surface area contributed by atoms with Crippen LogP contribution in [0.15, 0.2) is 42.5 Å². The number of carbonyl (C=O) groups is 2. The van der Waals surface area contributed by atoms with Crippen molar-refractivity contribution in [3.63, 3.8) is 0 Å². The number of amides is 2. The van der Waals surface area contributed by atoms with Crippen molar-refractivity contribution in [2.75, 3.05) is 32.6 Å². The van der Waals surface area contributed by atoms with Crippen molar-refractivity contribution in [2.24, 2.45) is 0 Å². The molecule has 2 aromatic rings. The van der Waals surface area contributed by atoms with Gasteiger partial charge in [-0.15, -0.1) is 0 Å². The standard InChI is InChI=1S/C20H23ClN2O4/c1-14(24)23(10-9-15-5-4-6-17(11-15)26-2)13-20(25)22-18-12-16(21)7-8-19(18)27-3/h4-8,11-12H,9-10,13H2,1-3H3,(H,22,25). The first kappa shape index (κ1) is 20.6. The Hall–Kier alpha value is -2.73. The maximum Gasteiger partial charge on any atom is 0.244 e. The third-order valence-corrected chi connectivity index (χ3v) is 4.26. The zero-order valence-corrected chi connectivity index (χ0v) is 16.4. The number of hydrogen-bond donors (Lipinski definition) is 1. The van der Waals surface area contributed by atoms with Crippen LogP contribution in [0.3, 0.4) is 0 Å². The summed E-state index contributed by atoms with van der Waals surface area (Å²) in [5, 5.41) is 3.22. The molecule has 7 heteroatoms. The molecule has 27 heavy (non-hydrogen) atoms. The van der Waals surface area contributed by atoms with Gasteiger partial charge in [-0.05, 0) is 42.3 Å². The summed E-state index contributed by atoms with van der Waals surface area (Å²) in [6.07, 6.45) is 0.616. The summed E-state index contributed by atoms with van der Waals surface area (Å²) in [5.74, 6) is 0.758. The second kappa shape index (κ2) is 9.83. The molecule has 0 atom stereocenters. The molecule has 0 aliphatic rings. The van der Waals surface area contributed by atoms with E-state index in [-0.39, 0.29) is 18.4 Å². The van der Waals surface area contributed by atoms with Gasteiger partial charge in [0, 0.05) is 18.5 Å². The highest BCUT2D eigenvalue weighted by Gasteiger charge is 2.15. The number of hydrogen-bond acceptors (Lipinski definition) is 4. The van der Waals surface area contributed by atoms with Crippen molar-refractivity contribution >= 4 is 29.1 Å². The molecule has 0 aromatic heterocycles. The Morgan fingerprint density at radius 3 is 2.56 bits per heavy atom. The number of methoxy groups -OCH3 is 2. The SMILES string of the molecule is COc1cccc(CCN(CC(=O)Nc2cc(Cl)ccc2OC)C(C)=O)c1. The quantitative estimate of drug-likeness (QED) is 0.750. The van der Waals surface area contributed by atoms with Gasteiger partial charge in [-0.25, -0.2) is 0 Å². The van der Waals surface area contributed by atoms with Crippen LogP contribution in [-0.2, 0) is 16.0 Å². The Bertz CT molecular complexity index is 810. The third kappa shape index (κ3) is 6.18. The lowest BCUT2D eigenvalue weighted by molar-refractivity contribution is -0.132. The molecule has 2 rings (SSSR count). The van der Waals surface area contributed by atoms with E-state index >= 15 is 0 Å². The molecule has 0 aliphatic heterocycles. The van der Waals surface area contributed by atoms with Gasteiger partial charge in [-0.1, -0.05) is 23.7 Å². The minimum absolute atomic E-state index is 0.0605. The molecule has 0 spiro atoms. The van der Waals surface area contributed by atoms with Crippen molar-refractivity contribution < 1.29 is 19.1 Å². The highest BCUT2D eigenvalue weighted by Crippen LogP contribution is 2.27. The van der Waals surface area contributed by atoms with Crippen LogP contribution in [0.4, 0.5) is 5.69 Å². The van der Waals surface area contributed by atoms with E-state index in [1.807, 2.05) is 24.3 Å². The van der Waals surface area contributed by atoms with Crippen LogP contribution in [0.1, 0.15) is 12.5 Å². The summed E-state index contributed by atoms with van der Waals surface area (Å²) in [4.78, 5) is 25.8. The van der Waals surface area contributed by atoms with Crippen molar-refractivity contribution in [3.8, 4) is 11.5 Å². The lowest BCUT2D eigenvalue weighted by atomic mass is 10.1. The maximum atomic E-state index is 12.4. The Morgan fingerprint density at radius 1 is 1.11 bits per heavy atom. The molecule has 1 N–H and O–H groups in total. The fourth-order valence-electron chi connectivity index (χ4n) is 2.58. The number of ether oxygens (including phenoxy) is 2. The van der Waals surface area contributed by atoms with Crippen LogP contribution in [0.2, 0.25) is 5.02 Å². The Labute approximate surface area is 164 Å². The van der Waals surface area contributed by atoms with Crippen LogP contribution < -0.4 is 14.8 Å². The van der Waals surface area contributed by atoms with Crippen LogP contribution in [-0.4, -0.2) is 44.0 Å². The van der Waals surface area contributed by atoms with E-state index in [1.54, 1.807) is 25.3 Å². The molecule has 2 aromatic carbocycles. The van der Waals surface area contributed by atoms with Gasteiger partial charge in [0.1, 0.15) is 11.5 Å². The molecule has 2 amide bonds. The van der Waals surface area contributed by atoms with Gasteiger partial charge in [-0.3, -0.25) is 9.59 Å². The van der Waals surface area contributed by atoms with Gasteiger partial charge in [-0.2, -0.15) is 0 Å². The van der Waals surface area contributed by atoms with Gasteiger partial charge < -0.3 is 19.7 Å². The Morgan fingerprint density at radius 2 is 1.89 bits per heavy atom. The van der Waals surface area contributed by atoms with Crippen LogP contribution in [0, 0.1) is 0 Å². The molecule has 0 heterocycles. The molecule has 0 fully saturated rings. The van der Waals surface area contributed by atoms with Crippen LogP contribution >= 0.6 is 11.6 Å². The molecule has 0 unspecified atom stereocenters. The summed E-state index contributed by atoms with van der Waals surface area (Å²) >= 11 is 5.97. The summed E-state index contributed by atoms with van der Waals surface area (Å²) in [5.41, 5.74) is 1.49. The number of anilines is 1. The highest BCUT2D eigenvalue weighted by molar-refractivity contribution is 6.31. The van der Waals surface area contributed by atoms with Crippen LogP contribution in [0.5, 0.6) is 11.5 Å². The first-order chi connectivity index (χ1) is 12.9. The molecular formula is C20H23ClN2O4. The molecule has 0 bridgehead atoms. The first-order valence-corrected chi connectivity index (χ1v) is 8.82. The van der Waals surface area contributed by atoms with E-state index in [0.717, 1.165) is 11.3 Å². The smallest absolute Gasteiger partial charge is 0.244 e. The van der Waals surface area contributed by atoms with Crippen molar-refractivity contribution in [3.05, 3.63) is 53.1 Å². The van der Waals surface area contributed by atoms with E-state index in [1.165, 1.54) is 18.9 Å². The largest absolute Gasteiger partial charge is 0.497 e. The van der Waals surface area contributed by atoms with Gasteiger partial charge in [0.25, 0.3) is 0 Å². The number of halogens is 1. The number of nitrogens with one attached hydrogen (secondary N) is 1. The highest BCUT2D eigenvalue weighted by atomic mass is 35.5. The topological polar surface area (TPSA) is 67.9 Å². The minimum atomic E-state index is -0.323. The fourth-order valence-corrected chi connectivity index (χ4v) is 2.75. The van der Waals surface area contributed by atoms with Gasteiger partial charge in [0.15, 0.2) is 0 Å². The molecule has 0 radical (unpaired) electrons. The number of rotatable bonds is 8. The molecule has 0 saturated heterocycles. The van der Waals surface area contributed by atoms with E-state index in [9.17, 15) is 9.59 Å². The number of benzene rings is 2. The monoisotopic (exact) mass is 390 g/mol. The molecule has 0 saturated carbocycles. The summed E-state index contributed by atoms with van der Waals surface area (Å²) < 4.78 is 10.4. The maximum absolute atomic E-state index is 12.4. The van der Waals surface area contributed by atoms with E-state index < -0.39 is 0 Å². The van der Waals surface area contributed by atoms with E-state index in [4.69, 9.17) is 21.1 Å². The predicted octanol–water partition coefficient (Wildman–Crippen LogP) is 3.39. The lowest BCUT2D eigenvalue weighted by Gasteiger charge is -2.21.